The summed E-state index contributed by atoms with van der Waals surface area (Å²) in [6, 6.07) is -0.895. The zero-order valence-corrected chi connectivity index (χ0v) is 7.12. The van der Waals surface area contributed by atoms with E-state index >= 15 is 0 Å². The Kier molecular flexibility index (Phi) is 3.21. The summed E-state index contributed by atoms with van der Waals surface area (Å²) in [7, 11) is 0. The summed E-state index contributed by atoms with van der Waals surface area (Å²) in [5.74, 6) is -1.05. The second kappa shape index (κ2) is 4.20. The molecule has 2 unspecified atom stereocenters. The number of carbonyl (C=O) groups is 2. The van der Waals surface area contributed by atoms with E-state index in [2.05, 4.69) is 10.6 Å². The maximum absolute atomic E-state index is 10.7. The SMILES string of the molecule is NC(CNC1CNC(=O)C1)C(=O)O. The molecule has 6 heteroatoms. The van der Waals surface area contributed by atoms with Gasteiger partial charge in [-0.05, 0) is 0 Å². The summed E-state index contributed by atoms with van der Waals surface area (Å²) in [5, 5.41) is 14.0. The van der Waals surface area contributed by atoms with Crippen LogP contribution in [0.4, 0.5) is 0 Å². The van der Waals surface area contributed by atoms with E-state index in [-0.39, 0.29) is 18.5 Å². The minimum absolute atomic E-state index is 0.0119. The number of carboxylic acids is 1. The number of carboxylic acid groups (broad SMARTS) is 1. The van der Waals surface area contributed by atoms with Crippen molar-refractivity contribution in [2.75, 3.05) is 13.1 Å². The number of carbonyl (C=O) groups excluding carboxylic acids is 1. The van der Waals surface area contributed by atoms with Crippen LogP contribution in [0.15, 0.2) is 0 Å². The minimum Gasteiger partial charge on any atom is -0.480 e. The van der Waals surface area contributed by atoms with Crippen LogP contribution in [0.1, 0.15) is 6.42 Å². The van der Waals surface area contributed by atoms with Gasteiger partial charge >= 0.3 is 5.97 Å². The molecule has 0 radical (unpaired) electrons. The zero-order chi connectivity index (χ0) is 9.84. The Morgan fingerprint density at radius 1 is 1.85 bits per heavy atom. The Bertz CT molecular complexity index is 219. The summed E-state index contributed by atoms with van der Waals surface area (Å²) >= 11 is 0. The lowest BCUT2D eigenvalue weighted by molar-refractivity contribution is -0.138. The normalized spacial score (nSPS) is 24.1. The molecule has 0 spiro atoms. The fourth-order valence-electron chi connectivity index (χ4n) is 1.13. The van der Waals surface area contributed by atoms with Crippen LogP contribution in [-0.4, -0.2) is 42.2 Å². The number of nitrogens with one attached hydrogen (secondary N) is 2. The lowest BCUT2D eigenvalue weighted by atomic mass is 10.2. The molecule has 1 rings (SSSR count). The minimum atomic E-state index is -1.04. The molecule has 13 heavy (non-hydrogen) atoms. The van der Waals surface area contributed by atoms with E-state index in [0.29, 0.717) is 13.0 Å². The van der Waals surface area contributed by atoms with Gasteiger partial charge in [0.2, 0.25) is 5.91 Å². The second-order valence-corrected chi connectivity index (χ2v) is 3.06. The summed E-state index contributed by atoms with van der Waals surface area (Å²) in [5.41, 5.74) is 5.26. The van der Waals surface area contributed by atoms with Gasteiger partial charge in [-0.15, -0.1) is 0 Å². The molecular weight excluding hydrogens is 174 g/mol. The van der Waals surface area contributed by atoms with Crippen molar-refractivity contribution >= 4 is 11.9 Å². The first-order valence-corrected chi connectivity index (χ1v) is 4.08. The van der Waals surface area contributed by atoms with Crippen molar-refractivity contribution in [3.8, 4) is 0 Å². The number of hydrogen-bond donors (Lipinski definition) is 4. The molecule has 0 bridgehead atoms. The fourth-order valence-corrected chi connectivity index (χ4v) is 1.13. The summed E-state index contributed by atoms with van der Waals surface area (Å²) in [6.45, 7) is 0.736. The van der Waals surface area contributed by atoms with Crippen molar-refractivity contribution in [1.82, 2.24) is 10.6 Å². The van der Waals surface area contributed by atoms with E-state index in [0.717, 1.165) is 0 Å². The highest BCUT2D eigenvalue weighted by Crippen LogP contribution is 1.98. The van der Waals surface area contributed by atoms with Crippen LogP contribution < -0.4 is 16.4 Å². The van der Waals surface area contributed by atoms with Crippen LogP contribution in [0.3, 0.4) is 0 Å². The van der Waals surface area contributed by atoms with Gasteiger partial charge in [0, 0.05) is 25.6 Å². The van der Waals surface area contributed by atoms with Gasteiger partial charge in [-0.3, -0.25) is 9.59 Å². The first kappa shape index (κ1) is 9.94. The third-order valence-corrected chi connectivity index (χ3v) is 1.92. The number of aliphatic carboxylic acids is 1. The standard InChI is InChI=1S/C7H13N3O3/c8-5(7(12)13)3-9-4-1-6(11)10-2-4/h4-5,9H,1-3,8H2,(H,10,11)(H,12,13). The number of amides is 1. The predicted octanol–water partition coefficient (Wildman–Crippen LogP) is -2.12. The third-order valence-electron chi connectivity index (χ3n) is 1.92. The fraction of sp³-hybridized carbons (Fsp3) is 0.714. The molecule has 0 aliphatic carbocycles. The smallest absolute Gasteiger partial charge is 0.321 e. The average molecular weight is 187 g/mol. The summed E-state index contributed by atoms with van der Waals surface area (Å²) in [4.78, 5) is 21.1. The Labute approximate surface area is 75.5 Å². The van der Waals surface area contributed by atoms with Gasteiger partial charge in [0.05, 0.1) is 0 Å². The first-order chi connectivity index (χ1) is 6.09. The molecule has 0 saturated carbocycles. The van der Waals surface area contributed by atoms with E-state index < -0.39 is 12.0 Å². The van der Waals surface area contributed by atoms with Crippen molar-refractivity contribution in [1.29, 1.82) is 0 Å². The van der Waals surface area contributed by atoms with Gasteiger partial charge in [-0.2, -0.15) is 0 Å². The van der Waals surface area contributed by atoms with E-state index in [1.165, 1.54) is 0 Å². The Morgan fingerprint density at radius 3 is 3.00 bits per heavy atom. The van der Waals surface area contributed by atoms with Crippen LogP contribution in [-0.2, 0) is 9.59 Å². The lowest BCUT2D eigenvalue weighted by Gasteiger charge is -2.12. The molecule has 1 aliphatic heterocycles. The highest BCUT2D eigenvalue weighted by Gasteiger charge is 2.22. The van der Waals surface area contributed by atoms with Crippen molar-refractivity contribution in [2.24, 2.45) is 5.73 Å². The van der Waals surface area contributed by atoms with Gasteiger partial charge in [0.25, 0.3) is 0 Å². The molecule has 1 amide bonds. The molecule has 1 fully saturated rings. The van der Waals surface area contributed by atoms with E-state index in [1.54, 1.807) is 0 Å². The van der Waals surface area contributed by atoms with Gasteiger partial charge in [0.1, 0.15) is 6.04 Å². The molecular formula is C7H13N3O3. The molecule has 6 nitrogen and oxygen atoms in total. The largest absolute Gasteiger partial charge is 0.480 e. The number of rotatable bonds is 4. The Hall–Kier alpha value is -1.14. The maximum Gasteiger partial charge on any atom is 0.321 e. The van der Waals surface area contributed by atoms with Gasteiger partial charge in [0.15, 0.2) is 0 Å². The van der Waals surface area contributed by atoms with Gasteiger partial charge in [-0.25, -0.2) is 0 Å². The quantitative estimate of drug-likeness (QED) is 0.402. The van der Waals surface area contributed by atoms with E-state index in [4.69, 9.17) is 10.8 Å². The van der Waals surface area contributed by atoms with Crippen LogP contribution in [0.25, 0.3) is 0 Å². The van der Waals surface area contributed by atoms with Crippen molar-refractivity contribution in [2.45, 2.75) is 18.5 Å². The topological polar surface area (TPSA) is 104 Å². The predicted molar refractivity (Wildman–Crippen MR) is 45.0 cm³/mol. The van der Waals surface area contributed by atoms with Crippen LogP contribution in [0.2, 0.25) is 0 Å². The van der Waals surface area contributed by atoms with Crippen molar-refractivity contribution < 1.29 is 14.7 Å². The second-order valence-electron chi connectivity index (χ2n) is 3.06. The molecule has 74 valence electrons. The molecule has 1 aliphatic rings. The molecule has 2 atom stereocenters. The van der Waals surface area contributed by atoms with E-state index in [9.17, 15) is 9.59 Å². The third kappa shape index (κ3) is 3.00. The average Bonchev–Trinajstić information content (AvgIpc) is 2.47. The van der Waals surface area contributed by atoms with Gasteiger partial charge < -0.3 is 21.5 Å². The molecule has 1 saturated heterocycles. The van der Waals surface area contributed by atoms with Crippen LogP contribution in [0.5, 0.6) is 0 Å². The van der Waals surface area contributed by atoms with Crippen molar-refractivity contribution in [3.05, 3.63) is 0 Å². The lowest BCUT2D eigenvalue weighted by Crippen LogP contribution is -2.44. The maximum atomic E-state index is 10.7. The molecule has 0 aromatic heterocycles. The van der Waals surface area contributed by atoms with E-state index in [1.807, 2.05) is 0 Å². The monoisotopic (exact) mass is 187 g/mol. The highest BCUT2D eigenvalue weighted by atomic mass is 16.4. The molecule has 0 aromatic carbocycles. The number of hydrogen-bond acceptors (Lipinski definition) is 4. The highest BCUT2D eigenvalue weighted by molar-refractivity contribution is 5.79. The van der Waals surface area contributed by atoms with Crippen molar-refractivity contribution in [3.63, 3.8) is 0 Å². The number of nitrogens with two attached hydrogens (primary N) is 1. The Morgan fingerprint density at radius 2 is 2.54 bits per heavy atom. The summed E-state index contributed by atoms with van der Waals surface area (Å²) in [6.07, 6.45) is 0.395. The summed E-state index contributed by atoms with van der Waals surface area (Å²) < 4.78 is 0. The first-order valence-electron chi connectivity index (χ1n) is 4.08. The molecule has 1 heterocycles. The Balaban J connectivity index is 2.19. The zero-order valence-electron chi connectivity index (χ0n) is 7.12. The molecule has 5 N–H and O–H groups in total. The van der Waals surface area contributed by atoms with Crippen LogP contribution >= 0.6 is 0 Å². The van der Waals surface area contributed by atoms with Gasteiger partial charge in [-0.1, -0.05) is 0 Å². The van der Waals surface area contributed by atoms with Crippen LogP contribution in [0, 0.1) is 0 Å². The molecule has 0 aromatic rings.